The molecule has 0 aliphatic rings. The highest BCUT2D eigenvalue weighted by Gasteiger charge is 2.13. The standard InChI is InChI=1S/C12H12N2O3/c1-14-9-4-3-5-10(17-2)7(9)6-8(11(13)15)12(14)16/h3-6H,1-2H3,(H2,13,15). The molecule has 0 saturated heterocycles. The summed E-state index contributed by atoms with van der Waals surface area (Å²) in [4.78, 5) is 23.0. The Kier molecular flexibility index (Phi) is 2.59. The average Bonchev–Trinajstić information content (AvgIpc) is 2.32. The van der Waals surface area contributed by atoms with Gasteiger partial charge in [0.05, 0.1) is 12.6 Å². The number of rotatable bonds is 2. The Morgan fingerprint density at radius 2 is 2.12 bits per heavy atom. The maximum atomic E-state index is 11.8. The largest absolute Gasteiger partial charge is 0.496 e. The van der Waals surface area contributed by atoms with E-state index in [-0.39, 0.29) is 5.56 Å². The molecule has 17 heavy (non-hydrogen) atoms. The van der Waals surface area contributed by atoms with Crippen LogP contribution in [-0.4, -0.2) is 17.6 Å². The summed E-state index contributed by atoms with van der Waals surface area (Å²) < 4.78 is 6.58. The highest BCUT2D eigenvalue weighted by Crippen LogP contribution is 2.24. The van der Waals surface area contributed by atoms with E-state index < -0.39 is 11.5 Å². The van der Waals surface area contributed by atoms with Gasteiger partial charge in [-0.25, -0.2) is 0 Å². The number of amides is 1. The van der Waals surface area contributed by atoms with Crippen molar-refractivity contribution < 1.29 is 9.53 Å². The number of pyridine rings is 1. The molecule has 0 unspecified atom stereocenters. The highest BCUT2D eigenvalue weighted by molar-refractivity contribution is 5.97. The molecular formula is C12H12N2O3. The number of aromatic nitrogens is 1. The van der Waals surface area contributed by atoms with E-state index in [1.165, 1.54) is 17.7 Å². The molecule has 88 valence electrons. The molecule has 0 aliphatic carbocycles. The first-order valence-corrected chi connectivity index (χ1v) is 5.03. The summed E-state index contributed by atoms with van der Waals surface area (Å²) in [6.07, 6.45) is 0. The van der Waals surface area contributed by atoms with Crippen LogP contribution in [0.4, 0.5) is 0 Å². The van der Waals surface area contributed by atoms with Crippen LogP contribution in [0.25, 0.3) is 10.9 Å². The molecule has 1 heterocycles. The fourth-order valence-corrected chi connectivity index (χ4v) is 1.82. The lowest BCUT2D eigenvalue weighted by molar-refractivity contribution is 0.0998. The smallest absolute Gasteiger partial charge is 0.263 e. The Morgan fingerprint density at radius 1 is 1.41 bits per heavy atom. The second kappa shape index (κ2) is 3.93. The fourth-order valence-electron chi connectivity index (χ4n) is 1.82. The van der Waals surface area contributed by atoms with Crippen LogP contribution in [0, 0.1) is 0 Å². The van der Waals surface area contributed by atoms with Crippen molar-refractivity contribution in [2.75, 3.05) is 7.11 Å². The van der Waals surface area contributed by atoms with Gasteiger partial charge < -0.3 is 15.0 Å². The van der Waals surface area contributed by atoms with Crippen LogP contribution in [0.5, 0.6) is 5.75 Å². The predicted octanol–water partition coefficient (Wildman–Crippen LogP) is 0.646. The lowest BCUT2D eigenvalue weighted by Gasteiger charge is -2.10. The van der Waals surface area contributed by atoms with Crippen molar-refractivity contribution in [1.29, 1.82) is 0 Å². The molecule has 2 rings (SSSR count). The minimum Gasteiger partial charge on any atom is -0.496 e. The van der Waals surface area contributed by atoms with Crippen LogP contribution in [0.15, 0.2) is 29.1 Å². The first-order valence-electron chi connectivity index (χ1n) is 5.03. The summed E-state index contributed by atoms with van der Waals surface area (Å²) in [6.45, 7) is 0. The lowest BCUT2D eigenvalue weighted by Crippen LogP contribution is -2.28. The number of nitrogens with zero attached hydrogens (tertiary/aromatic N) is 1. The van der Waals surface area contributed by atoms with Gasteiger partial charge in [-0.15, -0.1) is 0 Å². The van der Waals surface area contributed by atoms with Crippen molar-refractivity contribution in [1.82, 2.24) is 4.57 Å². The monoisotopic (exact) mass is 232 g/mol. The van der Waals surface area contributed by atoms with E-state index in [4.69, 9.17) is 10.5 Å². The van der Waals surface area contributed by atoms with Gasteiger partial charge in [-0.1, -0.05) is 6.07 Å². The quantitative estimate of drug-likeness (QED) is 0.825. The summed E-state index contributed by atoms with van der Waals surface area (Å²) >= 11 is 0. The molecule has 1 aromatic carbocycles. The molecule has 1 aromatic heterocycles. The Balaban J connectivity index is 2.96. The molecule has 5 heteroatoms. The van der Waals surface area contributed by atoms with E-state index in [0.29, 0.717) is 16.7 Å². The van der Waals surface area contributed by atoms with Gasteiger partial charge in [0.25, 0.3) is 11.5 Å². The second-order valence-corrected chi connectivity index (χ2v) is 3.68. The number of hydrogen-bond donors (Lipinski definition) is 1. The van der Waals surface area contributed by atoms with E-state index in [9.17, 15) is 9.59 Å². The SMILES string of the molecule is COc1cccc2c1cc(C(N)=O)c(=O)n2C. The number of benzene rings is 1. The van der Waals surface area contributed by atoms with Crippen molar-refractivity contribution in [3.8, 4) is 5.75 Å². The topological polar surface area (TPSA) is 74.3 Å². The van der Waals surface area contributed by atoms with Crippen LogP contribution >= 0.6 is 0 Å². The van der Waals surface area contributed by atoms with Gasteiger partial charge in [-0.2, -0.15) is 0 Å². The molecule has 0 atom stereocenters. The number of nitrogens with two attached hydrogens (primary N) is 1. The third-order valence-electron chi connectivity index (χ3n) is 2.71. The number of aryl methyl sites for hydroxylation is 1. The first kappa shape index (κ1) is 11.2. The van der Waals surface area contributed by atoms with Gasteiger partial charge in [0.2, 0.25) is 0 Å². The minimum atomic E-state index is -0.738. The number of methoxy groups -OCH3 is 1. The molecular weight excluding hydrogens is 220 g/mol. The molecule has 5 nitrogen and oxygen atoms in total. The van der Waals surface area contributed by atoms with Gasteiger partial charge >= 0.3 is 0 Å². The number of carbonyl (C=O) groups excluding carboxylic acids is 1. The van der Waals surface area contributed by atoms with Crippen molar-refractivity contribution in [2.24, 2.45) is 12.8 Å². The van der Waals surface area contributed by atoms with E-state index in [2.05, 4.69) is 0 Å². The summed E-state index contributed by atoms with van der Waals surface area (Å²) in [5.74, 6) is -0.140. The summed E-state index contributed by atoms with van der Waals surface area (Å²) in [5.41, 5.74) is 5.42. The first-order chi connectivity index (χ1) is 8.06. The van der Waals surface area contributed by atoms with Gasteiger partial charge in [0.1, 0.15) is 11.3 Å². The third kappa shape index (κ3) is 1.65. The Labute approximate surface area is 97.4 Å². The van der Waals surface area contributed by atoms with Crippen LogP contribution in [0.1, 0.15) is 10.4 Å². The normalized spacial score (nSPS) is 10.5. The fraction of sp³-hybridized carbons (Fsp3) is 0.167. The summed E-state index contributed by atoms with van der Waals surface area (Å²) in [7, 11) is 3.13. The van der Waals surface area contributed by atoms with E-state index >= 15 is 0 Å². The number of carbonyl (C=O) groups is 1. The zero-order valence-corrected chi connectivity index (χ0v) is 9.56. The van der Waals surface area contributed by atoms with E-state index in [0.717, 1.165) is 0 Å². The minimum absolute atomic E-state index is 0.0375. The number of fused-ring (bicyclic) bond motifs is 1. The molecule has 0 bridgehead atoms. The number of ether oxygens (including phenoxy) is 1. The van der Waals surface area contributed by atoms with Crippen molar-refractivity contribution in [3.63, 3.8) is 0 Å². The molecule has 1 amide bonds. The summed E-state index contributed by atoms with van der Waals surface area (Å²) in [5, 5.41) is 0.686. The van der Waals surface area contributed by atoms with Crippen molar-refractivity contribution >= 4 is 16.8 Å². The van der Waals surface area contributed by atoms with Gasteiger partial charge in [-0.05, 0) is 18.2 Å². The van der Waals surface area contributed by atoms with Crippen LogP contribution < -0.4 is 16.0 Å². The van der Waals surface area contributed by atoms with Crippen molar-refractivity contribution in [3.05, 3.63) is 40.2 Å². The number of hydrogen-bond acceptors (Lipinski definition) is 3. The molecule has 2 N–H and O–H groups in total. The number of primary amides is 1. The molecule has 0 aliphatic heterocycles. The van der Waals surface area contributed by atoms with Crippen LogP contribution in [0.3, 0.4) is 0 Å². The third-order valence-corrected chi connectivity index (χ3v) is 2.71. The molecule has 0 fully saturated rings. The van der Waals surface area contributed by atoms with Crippen LogP contribution in [0.2, 0.25) is 0 Å². The lowest BCUT2D eigenvalue weighted by atomic mass is 10.1. The Morgan fingerprint density at radius 3 is 2.71 bits per heavy atom. The van der Waals surface area contributed by atoms with Gasteiger partial charge in [0, 0.05) is 12.4 Å². The summed E-state index contributed by atoms with van der Waals surface area (Å²) in [6, 6.07) is 6.80. The van der Waals surface area contributed by atoms with E-state index in [1.54, 1.807) is 25.2 Å². The van der Waals surface area contributed by atoms with Gasteiger partial charge in [-0.3, -0.25) is 9.59 Å². The Hall–Kier alpha value is -2.30. The molecule has 0 saturated carbocycles. The maximum absolute atomic E-state index is 11.8. The Bertz CT molecular complexity index is 659. The second-order valence-electron chi connectivity index (χ2n) is 3.68. The zero-order chi connectivity index (χ0) is 12.6. The molecule has 2 aromatic rings. The van der Waals surface area contributed by atoms with Crippen LogP contribution in [-0.2, 0) is 7.05 Å². The molecule has 0 radical (unpaired) electrons. The molecule has 0 spiro atoms. The van der Waals surface area contributed by atoms with Gasteiger partial charge in [0.15, 0.2) is 0 Å². The maximum Gasteiger partial charge on any atom is 0.263 e. The zero-order valence-electron chi connectivity index (χ0n) is 9.56. The highest BCUT2D eigenvalue weighted by atomic mass is 16.5. The predicted molar refractivity (Wildman–Crippen MR) is 64.3 cm³/mol. The van der Waals surface area contributed by atoms with Crippen molar-refractivity contribution in [2.45, 2.75) is 0 Å². The van der Waals surface area contributed by atoms with E-state index in [1.807, 2.05) is 0 Å². The average molecular weight is 232 g/mol.